The van der Waals surface area contributed by atoms with Gasteiger partial charge in [0, 0.05) is 25.2 Å². The standard InChI is InChI=1S/C14H15N3O3S/c1-15-13-9-16-8-7-12(13)14(18)17-10-3-5-11(6-4-10)21(2,19)20/h3-9,15H,1-2H3,(H,17,18). The zero-order chi connectivity index (χ0) is 15.5. The maximum Gasteiger partial charge on any atom is 0.257 e. The smallest absolute Gasteiger partial charge is 0.257 e. The Morgan fingerprint density at radius 2 is 1.81 bits per heavy atom. The average molecular weight is 305 g/mol. The van der Waals surface area contributed by atoms with E-state index in [1.54, 1.807) is 31.4 Å². The molecule has 2 aromatic rings. The largest absolute Gasteiger partial charge is 0.386 e. The van der Waals surface area contributed by atoms with Gasteiger partial charge in [-0.3, -0.25) is 9.78 Å². The Hall–Kier alpha value is -2.41. The Kier molecular flexibility index (Phi) is 4.23. The lowest BCUT2D eigenvalue weighted by Crippen LogP contribution is -2.14. The van der Waals surface area contributed by atoms with E-state index in [4.69, 9.17) is 0 Å². The Bertz CT molecular complexity index is 755. The van der Waals surface area contributed by atoms with Crippen molar-refractivity contribution in [2.45, 2.75) is 4.90 Å². The van der Waals surface area contributed by atoms with Crippen molar-refractivity contribution in [1.82, 2.24) is 4.98 Å². The van der Waals surface area contributed by atoms with Crippen molar-refractivity contribution in [3.8, 4) is 0 Å². The summed E-state index contributed by atoms with van der Waals surface area (Å²) in [6.07, 6.45) is 4.22. The van der Waals surface area contributed by atoms with Gasteiger partial charge in [-0.15, -0.1) is 0 Å². The fraction of sp³-hybridized carbons (Fsp3) is 0.143. The highest BCUT2D eigenvalue weighted by Crippen LogP contribution is 2.17. The number of amides is 1. The van der Waals surface area contributed by atoms with Crippen LogP contribution in [0.5, 0.6) is 0 Å². The molecule has 21 heavy (non-hydrogen) atoms. The molecular formula is C14H15N3O3S. The SMILES string of the molecule is CNc1cnccc1C(=O)Nc1ccc(S(C)(=O)=O)cc1. The van der Waals surface area contributed by atoms with E-state index in [-0.39, 0.29) is 10.8 Å². The molecule has 0 saturated heterocycles. The highest BCUT2D eigenvalue weighted by molar-refractivity contribution is 7.90. The van der Waals surface area contributed by atoms with Gasteiger partial charge in [0.25, 0.3) is 5.91 Å². The first-order chi connectivity index (χ1) is 9.91. The van der Waals surface area contributed by atoms with Crippen LogP contribution in [-0.4, -0.2) is 32.6 Å². The highest BCUT2D eigenvalue weighted by atomic mass is 32.2. The van der Waals surface area contributed by atoms with Crippen molar-refractivity contribution in [3.63, 3.8) is 0 Å². The Balaban J connectivity index is 2.20. The van der Waals surface area contributed by atoms with Crippen LogP contribution in [0, 0.1) is 0 Å². The molecule has 0 atom stereocenters. The third-order valence-electron chi connectivity index (χ3n) is 2.88. The van der Waals surface area contributed by atoms with Crippen LogP contribution in [0.2, 0.25) is 0 Å². The van der Waals surface area contributed by atoms with Gasteiger partial charge in [0.05, 0.1) is 22.3 Å². The van der Waals surface area contributed by atoms with Gasteiger partial charge in [0.1, 0.15) is 0 Å². The number of hydrogen-bond acceptors (Lipinski definition) is 5. The summed E-state index contributed by atoms with van der Waals surface area (Å²) in [6, 6.07) is 7.61. The maximum atomic E-state index is 12.2. The van der Waals surface area contributed by atoms with Crippen LogP contribution in [0.15, 0.2) is 47.6 Å². The number of aromatic nitrogens is 1. The number of pyridine rings is 1. The van der Waals surface area contributed by atoms with Crippen molar-refractivity contribution in [3.05, 3.63) is 48.3 Å². The topological polar surface area (TPSA) is 88.2 Å². The van der Waals surface area contributed by atoms with E-state index in [0.29, 0.717) is 16.9 Å². The van der Waals surface area contributed by atoms with E-state index < -0.39 is 9.84 Å². The van der Waals surface area contributed by atoms with Crippen LogP contribution in [-0.2, 0) is 9.84 Å². The molecular weight excluding hydrogens is 290 g/mol. The molecule has 2 N–H and O–H groups in total. The number of carbonyl (C=O) groups excluding carboxylic acids is 1. The monoisotopic (exact) mass is 305 g/mol. The summed E-state index contributed by atoms with van der Waals surface area (Å²) in [6.45, 7) is 0. The summed E-state index contributed by atoms with van der Waals surface area (Å²) in [4.78, 5) is 16.3. The first-order valence-electron chi connectivity index (χ1n) is 6.15. The second kappa shape index (κ2) is 5.92. The number of hydrogen-bond donors (Lipinski definition) is 2. The molecule has 1 heterocycles. The Morgan fingerprint density at radius 1 is 1.14 bits per heavy atom. The van der Waals surface area contributed by atoms with E-state index in [1.807, 2.05) is 0 Å². The summed E-state index contributed by atoms with van der Waals surface area (Å²) in [5, 5.41) is 5.60. The summed E-state index contributed by atoms with van der Waals surface area (Å²) < 4.78 is 22.7. The Labute approximate surface area is 123 Å². The van der Waals surface area contributed by atoms with E-state index >= 15 is 0 Å². The van der Waals surface area contributed by atoms with Gasteiger partial charge in [0.15, 0.2) is 9.84 Å². The first-order valence-corrected chi connectivity index (χ1v) is 8.04. The molecule has 0 spiro atoms. The molecule has 0 fully saturated rings. The maximum absolute atomic E-state index is 12.2. The molecule has 0 aliphatic carbocycles. The van der Waals surface area contributed by atoms with Crippen molar-refractivity contribution < 1.29 is 13.2 Å². The van der Waals surface area contributed by atoms with Crippen LogP contribution in [0.25, 0.3) is 0 Å². The molecule has 0 radical (unpaired) electrons. The van der Waals surface area contributed by atoms with Gasteiger partial charge < -0.3 is 10.6 Å². The van der Waals surface area contributed by atoms with Gasteiger partial charge in [0.2, 0.25) is 0 Å². The molecule has 1 amide bonds. The second-order valence-electron chi connectivity index (χ2n) is 4.42. The quantitative estimate of drug-likeness (QED) is 0.899. The van der Waals surface area contributed by atoms with Gasteiger partial charge in [-0.2, -0.15) is 0 Å². The van der Waals surface area contributed by atoms with Gasteiger partial charge in [-0.05, 0) is 30.3 Å². The van der Waals surface area contributed by atoms with Crippen molar-refractivity contribution in [2.24, 2.45) is 0 Å². The number of rotatable bonds is 4. The van der Waals surface area contributed by atoms with Crippen molar-refractivity contribution in [2.75, 3.05) is 23.9 Å². The van der Waals surface area contributed by atoms with Gasteiger partial charge >= 0.3 is 0 Å². The van der Waals surface area contributed by atoms with Crippen molar-refractivity contribution in [1.29, 1.82) is 0 Å². The number of carbonyl (C=O) groups is 1. The fourth-order valence-electron chi connectivity index (χ4n) is 1.78. The van der Waals surface area contributed by atoms with Crippen molar-refractivity contribution >= 4 is 27.1 Å². The lowest BCUT2D eigenvalue weighted by Gasteiger charge is -2.09. The lowest BCUT2D eigenvalue weighted by molar-refractivity contribution is 0.102. The number of sulfone groups is 1. The van der Waals surface area contributed by atoms with E-state index in [0.717, 1.165) is 6.26 Å². The fourth-order valence-corrected chi connectivity index (χ4v) is 2.41. The molecule has 110 valence electrons. The molecule has 2 rings (SSSR count). The van der Waals surface area contributed by atoms with Crippen LogP contribution >= 0.6 is 0 Å². The summed E-state index contributed by atoms with van der Waals surface area (Å²) in [5.74, 6) is -0.297. The van der Waals surface area contributed by atoms with Gasteiger partial charge in [-0.25, -0.2) is 8.42 Å². The number of benzene rings is 1. The van der Waals surface area contributed by atoms with Crippen LogP contribution in [0.1, 0.15) is 10.4 Å². The third-order valence-corrected chi connectivity index (χ3v) is 4.00. The number of nitrogens with zero attached hydrogens (tertiary/aromatic N) is 1. The highest BCUT2D eigenvalue weighted by Gasteiger charge is 2.11. The molecule has 0 unspecified atom stereocenters. The molecule has 0 aliphatic rings. The minimum absolute atomic E-state index is 0.209. The molecule has 0 aliphatic heterocycles. The third kappa shape index (κ3) is 3.57. The zero-order valence-electron chi connectivity index (χ0n) is 11.6. The van der Waals surface area contributed by atoms with Gasteiger partial charge in [-0.1, -0.05) is 0 Å². The van der Waals surface area contributed by atoms with Crippen LogP contribution in [0.3, 0.4) is 0 Å². The minimum atomic E-state index is -3.24. The van der Waals surface area contributed by atoms with E-state index in [9.17, 15) is 13.2 Å². The predicted octanol–water partition coefficient (Wildman–Crippen LogP) is 1.78. The summed E-state index contributed by atoms with van der Waals surface area (Å²) in [7, 11) is -1.54. The molecule has 0 saturated carbocycles. The molecule has 1 aromatic heterocycles. The normalized spacial score (nSPS) is 11.0. The van der Waals surface area contributed by atoms with Crippen LogP contribution < -0.4 is 10.6 Å². The molecule has 7 heteroatoms. The summed E-state index contributed by atoms with van der Waals surface area (Å²) in [5.41, 5.74) is 1.59. The Morgan fingerprint density at radius 3 is 2.38 bits per heavy atom. The predicted molar refractivity (Wildman–Crippen MR) is 81.3 cm³/mol. The molecule has 1 aromatic carbocycles. The molecule has 0 bridgehead atoms. The minimum Gasteiger partial charge on any atom is -0.386 e. The molecule has 6 nitrogen and oxygen atoms in total. The second-order valence-corrected chi connectivity index (χ2v) is 6.44. The first kappa shape index (κ1) is 15.0. The zero-order valence-corrected chi connectivity index (χ0v) is 12.4. The van der Waals surface area contributed by atoms with Crippen LogP contribution in [0.4, 0.5) is 11.4 Å². The van der Waals surface area contributed by atoms with E-state index in [2.05, 4.69) is 15.6 Å². The average Bonchev–Trinajstić information content (AvgIpc) is 2.46. The lowest BCUT2D eigenvalue weighted by atomic mass is 10.2. The number of anilines is 2. The number of nitrogens with one attached hydrogen (secondary N) is 2. The van der Waals surface area contributed by atoms with E-state index in [1.165, 1.54) is 18.3 Å². The summed E-state index contributed by atoms with van der Waals surface area (Å²) >= 11 is 0.